The molecule has 0 radical (unpaired) electrons. The summed E-state index contributed by atoms with van der Waals surface area (Å²) < 4.78 is 5.75. The van der Waals surface area contributed by atoms with E-state index in [1.807, 2.05) is 48.5 Å². The second kappa shape index (κ2) is 3.40. The number of nitrogens with one attached hydrogen (secondary N) is 1. The standard InChI is InChI=1S/C13H13N3O/c14-10-7-4-8-11-12(10)16-13(15,17-11)9-5-2-1-3-6-9/h1-8,16H,14-15H2. The maximum Gasteiger partial charge on any atom is 0.263 e. The SMILES string of the molecule is Nc1cccc2c1NC(N)(c1ccccc1)O2. The molecule has 1 atom stereocenters. The van der Waals surface area contributed by atoms with Gasteiger partial charge in [-0.25, -0.2) is 0 Å². The van der Waals surface area contributed by atoms with Crippen molar-refractivity contribution in [2.24, 2.45) is 5.73 Å². The van der Waals surface area contributed by atoms with Crippen molar-refractivity contribution in [3.8, 4) is 5.75 Å². The largest absolute Gasteiger partial charge is 0.448 e. The average molecular weight is 227 g/mol. The van der Waals surface area contributed by atoms with E-state index in [0.717, 1.165) is 11.3 Å². The number of benzene rings is 2. The second-order valence-corrected chi connectivity index (χ2v) is 4.05. The first-order chi connectivity index (χ1) is 8.19. The predicted molar refractivity (Wildman–Crippen MR) is 67.4 cm³/mol. The summed E-state index contributed by atoms with van der Waals surface area (Å²) in [4.78, 5) is 0. The summed E-state index contributed by atoms with van der Waals surface area (Å²) >= 11 is 0. The molecule has 2 aromatic rings. The lowest BCUT2D eigenvalue weighted by atomic mass is 10.1. The van der Waals surface area contributed by atoms with Crippen molar-refractivity contribution in [3.05, 3.63) is 54.1 Å². The summed E-state index contributed by atoms with van der Waals surface area (Å²) in [6, 6.07) is 15.1. The number of hydrogen-bond acceptors (Lipinski definition) is 4. The summed E-state index contributed by atoms with van der Waals surface area (Å²) in [7, 11) is 0. The van der Waals surface area contributed by atoms with Crippen LogP contribution < -0.4 is 21.5 Å². The van der Waals surface area contributed by atoms with Gasteiger partial charge >= 0.3 is 0 Å². The van der Waals surface area contributed by atoms with E-state index in [4.69, 9.17) is 16.2 Å². The van der Waals surface area contributed by atoms with E-state index in [1.165, 1.54) is 0 Å². The average Bonchev–Trinajstić information content (AvgIpc) is 2.70. The van der Waals surface area contributed by atoms with E-state index < -0.39 is 5.85 Å². The Bertz CT molecular complexity index is 556. The molecular weight excluding hydrogens is 214 g/mol. The maximum absolute atomic E-state index is 6.21. The predicted octanol–water partition coefficient (Wildman–Crippen LogP) is 1.84. The van der Waals surface area contributed by atoms with E-state index in [2.05, 4.69) is 5.32 Å². The molecule has 0 bridgehead atoms. The van der Waals surface area contributed by atoms with Crippen LogP contribution in [-0.4, -0.2) is 0 Å². The Hall–Kier alpha value is -2.20. The smallest absolute Gasteiger partial charge is 0.263 e. The van der Waals surface area contributed by atoms with Crippen molar-refractivity contribution >= 4 is 11.4 Å². The molecule has 3 rings (SSSR count). The van der Waals surface area contributed by atoms with Crippen LogP contribution >= 0.6 is 0 Å². The highest BCUT2D eigenvalue weighted by molar-refractivity contribution is 5.76. The van der Waals surface area contributed by atoms with Crippen molar-refractivity contribution in [2.75, 3.05) is 11.1 Å². The highest BCUT2D eigenvalue weighted by atomic mass is 16.5. The molecule has 1 heterocycles. The normalized spacial score (nSPS) is 21.5. The number of nitrogens with two attached hydrogens (primary N) is 2. The molecule has 2 aromatic carbocycles. The fourth-order valence-corrected chi connectivity index (χ4v) is 1.97. The van der Waals surface area contributed by atoms with E-state index >= 15 is 0 Å². The van der Waals surface area contributed by atoms with Gasteiger partial charge in [0, 0.05) is 5.56 Å². The minimum Gasteiger partial charge on any atom is -0.448 e. The minimum atomic E-state index is -1.04. The quantitative estimate of drug-likeness (QED) is 0.650. The first-order valence-electron chi connectivity index (χ1n) is 5.39. The number of nitrogen functional groups attached to an aromatic ring is 1. The first kappa shape index (κ1) is 9.99. The van der Waals surface area contributed by atoms with Crippen LogP contribution in [0, 0.1) is 0 Å². The fraction of sp³-hybridized carbons (Fsp3) is 0.0769. The molecule has 1 unspecified atom stereocenters. The van der Waals surface area contributed by atoms with Gasteiger partial charge in [-0.3, -0.25) is 5.73 Å². The molecule has 4 nitrogen and oxygen atoms in total. The highest BCUT2D eigenvalue weighted by Gasteiger charge is 2.37. The third-order valence-electron chi connectivity index (χ3n) is 2.84. The van der Waals surface area contributed by atoms with Crippen LogP contribution in [0.5, 0.6) is 5.75 Å². The summed E-state index contributed by atoms with van der Waals surface area (Å²) in [5, 5.41) is 3.13. The molecule has 5 N–H and O–H groups in total. The van der Waals surface area contributed by atoms with Crippen LogP contribution in [0.4, 0.5) is 11.4 Å². The molecule has 0 amide bonds. The maximum atomic E-state index is 6.21. The molecule has 1 aliphatic heterocycles. The molecule has 0 aromatic heterocycles. The Kier molecular flexibility index (Phi) is 2.00. The zero-order valence-electron chi connectivity index (χ0n) is 9.18. The van der Waals surface area contributed by atoms with Gasteiger partial charge in [0.1, 0.15) is 11.4 Å². The number of rotatable bonds is 1. The summed E-state index contributed by atoms with van der Waals surface area (Å²) in [5.41, 5.74) is 14.3. The topological polar surface area (TPSA) is 73.3 Å². The van der Waals surface area contributed by atoms with Crippen LogP contribution in [0.15, 0.2) is 48.5 Å². The zero-order chi connectivity index (χ0) is 11.9. The molecule has 0 fully saturated rings. The fourth-order valence-electron chi connectivity index (χ4n) is 1.97. The van der Waals surface area contributed by atoms with Crippen molar-refractivity contribution < 1.29 is 4.74 Å². The Morgan fingerprint density at radius 3 is 2.47 bits per heavy atom. The molecule has 86 valence electrons. The molecule has 4 heteroatoms. The number of ether oxygens (including phenoxy) is 1. The lowest BCUT2D eigenvalue weighted by molar-refractivity contribution is 0.126. The van der Waals surface area contributed by atoms with E-state index in [9.17, 15) is 0 Å². The Labute approximate surface area is 99.2 Å². The molecule has 0 aliphatic carbocycles. The summed E-state index contributed by atoms with van der Waals surface area (Å²) in [6.45, 7) is 0. The number of para-hydroxylation sites is 1. The highest BCUT2D eigenvalue weighted by Crippen LogP contribution is 2.42. The zero-order valence-corrected chi connectivity index (χ0v) is 9.18. The molecule has 0 saturated heterocycles. The van der Waals surface area contributed by atoms with Crippen molar-refractivity contribution in [1.29, 1.82) is 0 Å². The van der Waals surface area contributed by atoms with Crippen LogP contribution in [0.1, 0.15) is 5.56 Å². The van der Waals surface area contributed by atoms with Crippen LogP contribution in [0.2, 0.25) is 0 Å². The van der Waals surface area contributed by atoms with Gasteiger partial charge in [0.25, 0.3) is 5.85 Å². The molecule has 0 spiro atoms. The number of anilines is 2. The van der Waals surface area contributed by atoms with Gasteiger partial charge in [-0.05, 0) is 12.1 Å². The third-order valence-corrected chi connectivity index (χ3v) is 2.84. The Morgan fingerprint density at radius 2 is 1.76 bits per heavy atom. The van der Waals surface area contributed by atoms with Crippen LogP contribution in [-0.2, 0) is 5.85 Å². The second-order valence-electron chi connectivity index (χ2n) is 4.05. The van der Waals surface area contributed by atoms with Crippen molar-refractivity contribution in [1.82, 2.24) is 0 Å². The number of fused-ring (bicyclic) bond motifs is 1. The van der Waals surface area contributed by atoms with Crippen LogP contribution in [0.3, 0.4) is 0 Å². The lowest BCUT2D eigenvalue weighted by Crippen LogP contribution is -2.46. The summed E-state index contributed by atoms with van der Waals surface area (Å²) in [6.07, 6.45) is 0. The minimum absolute atomic E-state index is 0.630. The van der Waals surface area contributed by atoms with Gasteiger partial charge in [-0.1, -0.05) is 36.4 Å². The van der Waals surface area contributed by atoms with Gasteiger partial charge in [0.05, 0.1) is 5.69 Å². The van der Waals surface area contributed by atoms with Gasteiger partial charge in [-0.2, -0.15) is 0 Å². The molecule has 17 heavy (non-hydrogen) atoms. The van der Waals surface area contributed by atoms with Gasteiger partial charge in [-0.15, -0.1) is 0 Å². The van der Waals surface area contributed by atoms with Crippen molar-refractivity contribution in [3.63, 3.8) is 0 Å². The first-order valence-corrected chi connectivity index (χ1v) is 5.39. The van der Waals surface area contributed by atoms with Crippen LogP contribution in [0.25, 0.3) is 0 Å². The van der Waals surface area contributed by atoms with E-state index in [-0.39, 0.29) is 0 Å². The van der Waals surface area contributed by atoms with Gasteiger partial charge in [0.2, 0.25) is 0 Å². The Balaban J connectivity index is 2.03. The monoisotopic (exact) mass is 227 g/mol. The number of hydrogen-bond donors (Lipinski definition) is 3. The van der Waals surface area contributed by atoms with E-state index in [0.29, 0.717) is 11.4 Å². The summed E-state index contributed by atoms with van der Waals surface area (Å²) in [5.74, 6) is -0.365. The Morgan fingerprint density at radius 1 is 1.00 bits per heavy atom. The molecule has 0 saturated carbocycles. The molecule has 1 aliphatic rings. The molecular formula is C13H13N3O. The van der Waals surface area contributed by atoms with E-state index in [1.54, 1.807) is 0 Å². The van der Waals surface area contributed by atoms with Crippen molar-refractivity contribution in [2.45, 2.75) is 5.85 Å². The van der Waals surface area contributed by atoms with Gasteiger partial charge in [0.15, 0.2) is 0 Å². The third kappa shape index (κ3) is 1.50. The lowest BCUT2D eigenvalue weighted by Gasteiger charge is -2.24. The van der Waals surface area contributed by atoms with Gasteiger partial charge < -0.3 is 15.8 Å².